The highest BCUT2D eigenvalue weighted by Crippen LogP contribution is 2.35. The predicted octanol–water partition coefficient (Wildman–Crippen LogP) is 1.08. The second-order valence-electron chi connectivity index (χ2n) is 4.24. The fourth-order valence-electron chi connectivity index (χ4n) is 1.98. The van der Waals surface area contributed by atoms with E-state index in [1.807, 2.05) is 0 Å². The molecular weight excluding hydrogens is 270 g/mol. The van der Waals surface area contributed by atoms with Gasteiger partial charge in [-0.15, -0.1) is 0 Å². The molecule has 0 amide bonds. The first-order valence-electron chi connectivity index (χ1n) is 5.92. The largest absolute Gasteiger partial charge is 0.486 e. The summed E-state index contributed by atoms with van der Waals surface area (Å²) < 4.78 is 30.9. The molecule has 0 unspecified atom stereocenters. The molecule has 19 heavy (non-hydrogen) atoms. The van der Waals surface area contributed by atoms with Gasteiger partial charge < -0.3 is 9.84 Å². The molecule has 1 atom stereocenters. The van der Waals surface area contributed by atoms with Crippen LogP contribution in [0.3, 0.4) is 0 Å². The number of nitrogens with zero attached hydrogens (tertiary/aromatic N) is 1. The Hall–Kier alpha value is -1.76. The quantitative estimate of drug-likeness (QED) is 0.895. The summed E-state index contributed by atoms with van der Waals surface area (Å²) in [6, 6.07) is 6.73. The van der Waals surface area contributed by atoms with Crippen molar-refractivity contribution in [3.8, 4) is 5.75 Å². The van der Waals surface area contributed by atoms with E-state index < -0.39 is 22.1 Å². The number of hydrogen-bond donors (Lipinski definition) is 1. The normalized spacial score (nSPS) is 18.6. The SMILES string of the molecule is CCS(=O)(=O)N1C[C@H](CC(=O)O)Oc2ccccc21. The zero-order valence-corrected chi connectivity index (χ0v) is 11.3. The molecule has 0 bridgehead atoms. The van der Waals surface area contributed by atoms with E-state index in [1.54, 1.807) is 31.2 Å². The third-order valence-corrected chi connectivity index (χ3v) is 4.65. The maximum absolute atomic E-state index is 12.1. The molecule has 0 saturated carbocycles. The van der Waals surface area contributed by atoms with Gasteiger partial charge in [0.15, 0.2) is 0 Å². The zero-order chi connectivity index (χ0) is 14.0. The van der Waals surface area contributed by atoms with E-state index in [-0.39, 0.29) is 18.7 Å². The van der Waals surface area contributed by atoms with Crippen LogP contribution in [0.5, 0.6) is 5.75 Å². The summed E-state index contributed by atoms with van der Waals surface area (Å²) in [7, 11) is -3.44. The van der Waals surface area contributed by atoms with Crippen molar-refractivity contribution in [2.45, 2.75) is 19.4 Å². The molecular formula is C12H15NO5S. The van der Waals surface area contributed by atoms with Crippen LogP contribution in [0.15, 0.2) is 24.3 Å². The molecule has 1 heterocycles. The van der Waals surface area contributed by atoms with Crippen molar-refractivity contribution in [1.29, 1.82) is 0 Å². The van der Waals surface area contributed by atoms with E-state index in [4.69, 9.17) is 9.84 Å². The third kappa shape index (κ3) is 2.81. The van der Waals surface area contributed by atoms with Gasteiger partial charge in [-0.25, -0.2) is 8.42 Å². The summed E-state index contributed by atoms with van der Waals surface area (Å²) in [5, 5.41) is 8.81. The van der Waals surface area contributed by atoms with Crippen molar-refractivity contribution in [1.82, 2.24) is 0 Å². The lowest BCUT2D eigenvalue weighted by Gasteiger charge is -2.34. The van der Waals surface area contributed by atoms with Crippen molar-refractivity contribution in [3.63, 3.8) is 0 Å². The minimum atomic E-state index is -3.44. The number of anilines is 1. The van der Waals surface area contributed by atoms with E-state index in [0.29, 0.717) is 11.4 Å². The fraction of sp³-hybridized carbons (Fsp3) is 0.417. The Kier molecular flexibility index (Phi) is 3.66. The van der Waals surface area contributed by atoms with Crippen LogP contribution < -0.4 is 9.04 Å². The van der Waals surface area contributed by atoms with Gasteiger partial charge in [-0.05, 0) is 19.1 Å². The van der Waals surface area contributed by atoms with E-state index in [0.717, 1.165) is 0 Å². The summed E-state index contributed by atoms with van der Waals surface area (Å²) in [6.45, 7) is 1.58. The highest BCUT2D eigenvalue weighted by atomic mass is 32.2. The first-order chi connectivity index (χ1) is 8.94. The molecule has 1 N–H and O–H groups in total. The van der Waals surface area contributed by atoms with Gasteiger partial charge in [0.25, 0.3) is 0 Å². The molecule has 104 valence electrons. The molecule has 0 aromatic heterocycles. The standard InChI is InChI=1S/C12H15NO5S/c1-2-19(16,17)13-8-9(7-12(14)15)18-11-6-4-3-5-10(11)13/h3-6,9H,2,7-8H2,1H3,(H,14,15)/t9-/m0/s1. The van der Waals surface area contributed by atoms with E-state index >= 15 is 0 Å². The molecule has 0 spiro atoms. The Morgan fingerprint density at radius 1 is 1.47 bits per heavy atom. The number of carbonyl (C=O) groups is 1. The average molecular weight is 285 g/mol. The van der Waals surface area contributed by atoms with Gasteiger partial charge >= 0.3 is 5.97 Å². The number of carboxylic acid groups (broad SMARTS) is 1. The first-order valence-corrected chi connectivity index (χ1v) is 7.53. The number of sulfonamides is 1. The van der Waals surface area contributed by atoms with E-state index in [2.05, 4.69) is 0 Å². The molecule has 0 radical (unpaired) electrons. The van der Waals surface area contributed by atoms with Gasteiger partial charge in [0.1, 0.15) is 11.9 Å². The van der Waals surface area contributed by atoms with Crippen LogP contribution in [0, 0.1) is 0 Å². The molecule has 0 saturated heterocycles. The van der Waals surface area contributed by atoms with Crippen LogP contribution in [-0.4, -0.2) is 37.9 Å². The smallest absolute Gasteiger partial charge is 0.307 e. The number of hydrogen-bond acceptors (Lipinski definition) is 4. The van der Waals surface area contributed by atoms with E-state index in [1.165, 1.54) is 4.31 Å². The summed E-state index contributed by atoms with van der Waals surface area (Å²) >= 11 is 0. The third-order valence-electron chi connectivity index (χ3n) is 2.90. The molecule has 0 fully saturated rings. The van der Waals surface area contributed by atoms with Crippen molar-refractivity contribution in [2.75, 3.05) is 16.6 Å². The number of carboxylic acids is 1. The van der Waals surface area contributed by atoms with Crippen LogP contribution in [0.25, 0.3) is 0 Å². The summed E-state index contributed by atoms with van der Waals surface area (Å²) in [6.07, 6.45) is -0.905. The van der Waals surface area contributed by atoms with Crippen LogP contribution >= 0.6 is 0 Å². The van der Waals surface area contributed by atoms with Crippen LogP contribution in [-0.2, 0) is 14.8 Å². The summed E-state index contributed by atoms with van der Waals surface area (Å²) in [5.41, 5.74) is 0.464. The number of fused-ring (bicyclic) bond motifs is 1. The Morgan fingerprint density at radius 2 is 2.16 bits per heavy atom. The second-order valence-corrected chi connectivity index (χ2v) is 6.42. The predicted molar refractivity (Wildman–Crippen MR) is 69.9 cm³/mol. The molecule has 1 aromatic carbocycles. The molecule has 1 aliphatic rings. The maximum atomic E-state index is 12.1. The average Bonchev–Trinajstić information content (AvgIpc) is 2.37. The van der Waals surface area contributed by atoms with Crippen LogP contribution in [0.1, 0.15) is 13.3 Å². The Bertz CT molecular complexity index is 584. The van der Waals surface area contributed by atoms with Gasteiger partial charge in [-0.2, -0.15) is 0 Å². The highest BCUT2D eigenvalue weighted by molar-refractivity contribution is 7.92. The number of benzene rings is 1. The topological polar surface area (TPSA) is 83.9 Å². The minimum Gasteiger partial charge on any atom is -0.486 e. The monoisotopic (exact) mass is 285 g/mol. The van der Waals surface area contributed by atoms with Crippen molar-refractivity contribution in [2.24, 2.45) is 0 Å². The lowest BCUT2D eigenvalue weighted by atomic mass is 10.2. The lowest BCUT2D eigenvalue weighted by molar-refractivity contribution is -0.138. The van der Waals surface area contributed by atoms with Crippen LogP contribution in [0.4, 0.5) is 5.69 Å². The number of rotatable bonds is 4. The fourth-order valence-corrected chi connectivity index (χ4v) is 3.14. The number of para-hydroxylation sites is 2. The van der Waals surface area contributed by atoms with E-state index in [9.17, 15) is 13.2 Å². The molecule has 0 aliphatic carbocycles. The summed E-state index contributed by atoms with van der Waals surface area (Å²) in [4.78, 5) is 10.8. The van der Waals surface area contributed by atoms with Gasteiger partial charge in [0.2, 0.25) is 10.0 Å². The van der Waals surface area contributed by atoms with Gasteiger partial charge in [-0.3, -0.25) is 9.10 Å². The highest BCUT2D eigenvalue weighted by Gasteiger charge is 2.33. The van der Waals surface area contributed by atoms with Gasteiger partial charge in [0.05, 0.1) is 24.4 Å². The van der Waals surface area contributed by atoms with Gasteiger partial charge in [0, 0.05) is 0 Å². The van der Waals surface area contributed by atoms with Gasteiger partial charge in [-0.1, -0.05) is 12.1 Å². The summed E-state index contributed by atoms with van der Waals surface area (Å²) in [5.74, 6) is -0.656. The lowest BCUT2D eigenvalue weighted by Crippen LogP contribution is -2.44. The maximum Gasteiger partial charge on any atom is 0.307 e. The first kappa shape index (κ1) is 13.7. The second kappa shape index (κ2) is 5.08. The van der Waals surface area contributed by atoms with Crippen molar-refractivity contribution in [3.05, 3.63) is 24.3 Å². The zero-order valence-electron chi connectivity index (χ0n) is 10.4. The van der Waals surface area contributed by atoms with Crippen molar-refractivity contribution >= 4 is 21.7 Å². The minimum absolute atomic E-state index is 0.0273. The Labute approximate surface area is 111 Å². The molecule has 2 rings (SSSR count). The van der Waals surface area contributed by atoms with Crippen molar-refractivity contribution < 1.29 is 23.1 Å². The number of ether oxygens (including phenoxy) is 1. The molecule has 1 aromatic rings. The van der Waals surface area contributed by atoms with Crippen LogP contribution in [0.2, 0.25) is 0 Å². The Balaban J connectivity index is 2.39. The molecule has 1 aliphatic heterocycles. The molecule has 6 nitrogen and oxygen atoms in total. The Morgan fingerprint density at radius 3 is 2.79 bits per heavy atom. The molecule has 7 heteroatoms. The number of aliphatic carboxylic acids is 1.